The molecule has 0 amide bonds. The fourth-order valence-electron chi connectivity index (χ4n) is 1.81. The fourth-order valence-corrected chi connectivity index (χ4v) is 1.81. The summed E-state index contributed by atoms with van der Waals surface area (Å²) in [6.07, 6.45) is 3.12. The third-order valence-electron chi connectivity index (χ3n) is 2.67. The van der Waals surface area contributed by atoms with Gasteiger partial charge in [-0.05, 0) is 18.2 Å². The summed E-state index contributed by atoms with van der Waals surface area (Å²) >= 11 is 0. The molecule has 0 bridgehead atoms. The van der Waals surface area contributed by atoms with E-state index in [-0.39, 0.29) is 0 Å². The molecule has 0 saturated heterocycles. The zero-order valence-electron chi connectivity index (χ0n) is 9.88. The van der Waals surface area contributed by atoms with Crippen LogP contribution in [0.2, 0.25) is 0 Å². The number of rotatable bonds is 4. The summed E-state index contributed by atoms with van der Waals surface area (Å²) in [6.45, 7) is 1.98. The van der Waals surface area contributed by atoms with E-state index in [1.807, 2.05) is 6.92 Å². The van der Waals surface area contributed by atoms with E-state index in [0.717, 1.165) is 17.7 Å². The van der Waals surface area contributed by atoms with E-state index in [1.165, 1.54) is 0 Å². The van der Waals surface area contributed by atoms with Gasteiger partial charge in [-0.15, -0.1) is 0 Å². The van der Waals surface area contributed by atoms with Crippen LogP contribution in [0.4, 0.5) is 0 Å². The van der Waals surface area contributed by atoms with Crippen molar-refractivity contribution in [2.45, 2.75) is 19.4 Å². The molecule has 2 rings (SSSR count). The number of nitrogens with zero attached hydrogens (tertiary/aromatic N) is 1. The van der Waals surface area contributed by atoms with E-state index < -0.39 is 6.10 Å². The lowest BCUT2D eigenvalue weighted by atomic mass is 10.0. The van der Waals surface area contributed by atoms with Crippen molar-refractivity contribution in [3.05, 3.63) is 47.7 Å². The van der Waals surface area contributed by atoms with E-state index in [4.69, 9.17) is 9.15 Å². The molecule has 0 spiro atoms. The van der Waals surface area contributed by atoms with Crippen molar-refractivity contribution in [1.82, 2.24) is 4.98 Å². The van der Waals surface area contributed by atoms with E-state index in [9.17, 15) is 5.11 Å². The number of pyridine rings is 1. The zero-order chi connectivity index (χ0) is 12.3. The number of aromatic nitrogens is 1. The van der Waals surface area contributed by atoms with Gasteiger partial charge >= 0.3 is 0 Å². The fraction of sp³-hybridized carbons (Fsp3) is 0.308. The number of furan rings is 1. The van der Waals surface area contributed by atoms with Crippen LogP contribution in [0.25, 0.3) is 0 Å². The number of aliphatic hydroxyl groups is 1. The number of hydrogen-bond donors (Lipinski definition) is 1. The summed E-state index contributed by atoms with van der Waals surface area (Å²) in [7, 11) is 1.56. The first-order chi connectivity index (χ1) is 8.27. The molecule has 0 aliphatic heterocycles. The molecule has 0 aliphatic rings. The monoisotopic (exact) mass is 233 g/mol. The highest BCUT2D eigenvalue weighted by atomic mass is 16.5. The van der Waals surface area contributed by atoms with Crippen molar-refractivity contribution in [2.75, 3.05) is 7.11 Å². The van der Waals surface area contributed by atoms with E-state index in [1.54, 1.807) is 37.8 Å². The van der Waals surface area contributed by atoms with Gasteiger partial charge in [-0.1, -0.05) is 6.92 Å². The van der Waals surface area contributed by atoms with Gasteiger partial charge in [-0.3, -0.25) is 4.98 Å². The molecule has 0 aromatic carbocycles. The lowest BCUT2D eigenvalue weighted by Crippen LogP contribution is -2.05. The average molecular weight is 233 g/mol. The van der Waals surface area contributed by atoms with Crippen molar-refractivity contribution in [3.63, 3.8) is 0 Å². The second-order valence-electron chi connectivity index (χ2n) is 3.65. The van der Waals surface area contributed by atoms with E-state index in [0.29, 0.717) is 11.4 Å². The van der Waals surface area contributed by atoms with Crippen LogP contribution in [0.15, 0.2) is 35.1 Å². The number of methoxy groups -OCH3 is 1. The van der Waals surface area contributed by atoms with Gasteiger partial charge in [0.2, 0.25) is 0 Å². The Balaban J connectivity index is 2.40. The Kier molecular flexibility index (Phi) is 3.44. The Morgan fingerprint density at radius 1 is 1.47 bits per heavy atom. The highest BCUT2D eigenvalue weighted by Crippen LogP contribution is 2.30. The van der Waals surface area contributed by atoms with E-state index >= 15 is 0 Å². The summed E-state index contributed by atoms with van der Waals surface area (Å²) in [5.41, 5.74) is 1.25. The summed E-state index contributed by atoms with van der Waals surface area (Å²) in [4.78, 5) is 4.16. The largest absolute Gasteiger partial charge is 0.495 e. The van der Waals surface area contributed by atoms with Crippen molar-refractivity contribution in [1.29, 1.82) is 0 Å². The Labute approximate surface area is 99.9 Å². The molecule has 17 heavy (non-hydrogen) atoms. The third-order valence-corrected chi connectivity index (χ3v) is 2.67. The Bertz CT molecular complexity index is 493. The normalized spacial score (nSPS) is 12.4. The molecule has 0 aliphatic carbocycles. The van der Waals surface area contributed by atoms with Crippen LogP contribution >= 0.6 is 0 Å². The van der Waals surface area contributed by atoms with Gasteiger partial charge in [0.25, 0.3) is 0 Å². The highest BCUT2D eigenvalue weighted by molar-refractivity contribution is 5.36. The minimum atomic E-state index is -0.820. The summed E-state index contributed by atoms with van der Waals surface area (Å²) in [5, 5.41) is 10.3. The lowest BCUT2D eigenvalue weighted by molar-refractivity contribution is 0.206. The lowest BCUT2D eigenvalue weighted by Gasteiger charge is -2.13. The van der Waals surface area contributed by atoms with Crippen LogP contribution in [-0.4, -0.2) is 17.2 Å². The summed E-state index contributed by atoms with van der Waals surface area (Å²) in [5.74, 6) is 1.34. The Hall–Kier alpha value is -1.81. The van der Waals surface area contributed by atoms with Gasteiger partial charge < -0.3 is 14.3 Å². The quantitative estimate of drug-likeness (QED) is 0.880. The van der Waals surface area contributed by atoms with Gasteiger partial charge in [0.15, 0.2) is 0 Å². The third kappa shape index (κ3) is 2.17. The topological polar surface area (TPSA) is 55.5 Å². The van der Waals surface area contributed by atoms with Crippen molar-refractivity contribution >= 4 is 0 Å². The molecular weight excluding hydrogens is 218 g/mol. The summed E-state index contributed by atoms with van der Waals surface area (Å²) in [6, 6.07) is 5.31. The van der Waals surface area contributed by atoms with Crippen molar-refractivity contribution in [2.24, 2.45) is 0 Å². The van der Waals surface area contributed by atoms with Crippen molar-refractivity contribution in [3.8, 4) is 5.75 Å². The smallest absolute Gasteiger partial charge is 0.143 e. The van der Waals surface area contributed by atoms with E-state index in [2.05, 4.69) is 4.98 Å². The molecule has 0 radical (unpaired) electrons. The molecule has 4 heteroatoms. The maximum absolute atomic E-state index is 10.3. The van der Waals surface area contributed by atoms with Crippen molar-refractivity contribution < 1.29 is 14.3 Å². The first-order valence-electron chi connectivity index (χ1n) is 5.51. The maximum atomic E-state index is 10.3. The number of aryl methyl sites for hydroxylation is 1. The number of hydrogen-bond acceptors (Lipinski definition) is 4. The molecule has 0 fully saturated rings. The molecule has 1 unspecified atom stereocenters. The Morgan fingerprint density at radius 3 is 3.00 bits per heavy atom. The van der Waals surface area contributed by atoms with Crippen LogP contribution < -0.4 is 4.74 Å². The summed E-state index contributed by atoms with van der Waals surface area (Å²) < 4.78 is 10.5. The molecule has 0 saturated carbocycles. The highest BCUT2D eigenvalue weighted by Gasteiger charge is 2.20. The number of ether oxygens (including phenoxy) is 1. The first kappa shape index (κ1) is 11.7. The van der Waals surface area contributed by atoms with Gasteiger partial charge in [0.05, 0.1) is 13.4 Å². The average Bonchev–Trinajstić information content (AvgIpc) is 2.86. The molecule has 1 N–H and O–H groups in total. The van der Waals surface area contributed by atoms with Crippen LogP contribution in [-0.2, 0) is 6.42 Å². The van der Waals surface area contributed by atoms with Gasteiger partial charge in [0, 0.05) is 18.2 Å². The SMILES string of the molecule is CCc1occc1C(O)c1ncccc1OC. The second kappa shape index (κ2) is 5.01. The molecule has 90 valence electrons. The minimum absolute atomic E-state index is 0.506. The van der Waals surface area contributed by atoms with Crippen LogP contribution in [0.1, 0.15) is 30.0 Å². The molecular formula is C13H15NO3. The molecule has 1 atom stereocenters. The van der Waals surface area contributed by atoms with Crippen LogP contribution in [0.5, 0.6) is 5.75 Å². The second-order valence-corrected chi connectivity index (χ2v) is 3.65. The van der Waals surface area contributed by atoms with Crippen LogP contribution in [0, 0.1) is 0 Å². The van der Waals surface area contributed by atoms with Gasteiger partial charge in [-0.25, -0.2) is 0 Å². The predicted molar refractivity (Wildman–Crippen MR) is 62.9 cm³/mol. The molecule has 4 nitrogen and oxygen atoms in total. The molecule has 2 aromatic rings. The molecule has 2 aromatic heterocycles. The minimum Gasteiger partial charge on any atom is -0.495 e. The first-order valence-corrected chi connectivity index (χ1v) is 5.51. The standard InChI is InChI=1S/C13H15NO3/c1-3-10-9(6-8-17-10)13(15)12-11(16-2)5-4-7-14-12/h4-8,13,15H,3H2,1-2H3. The number of aliphatic hydroxyl groups excluding tert-OH is 1. The maximum Gasteiger partial charge on any atom is 0.143 e. The van der Waals surface area contributed by atoms with Crippen LogP contribution in [0.3, 0.4) is 0 Å². The molecule has 2 heterocycles. The zero-order valence-corrected chi connectivity index (χ0v) is 9.88. The predicted octanol–water partition coefficient (Wildman–Crippen LogP) is 2.33. The van der Waals surface area contributed by atoms with Gasteiger partial charge in [-0.2, -0.15) is 0 Å². The van der Waals surface area contributed by atoms with Gasteiger partial charge in [0.1, 0.15) is 23.3 Å². The Morgan fingerprint density at radius 2 is 2.29 bits per heavy atom.